The van der Waals surface area contributed by atoms with Crippen LogP contribution in [0.25, 0.3) is 16.8 Å². The number of hydrogen-bond acceptors (Lipinski definition) is 13. The molecular weight excluding hydrogens is 747 g/mol. The van der Waals surface area contributed by atoms with E-state index in [-0.39, 0.29) is 36.0 Å². The predicted molar refractivity (Wildman–Crippen MR) is 194 cm³/mol. The first-order valence-electron chi connectivity index (χ1n) is 15.8. The van der Waals surface area contributed by atoms with Crippen LogP contribution in [0, 0.1) is 0 Å². The molecule has 2 saturated heterocycles. The lowest BCUT2D eigenvalue weighted by atomic mass is 10.1. The molecule has 9 atom stereocenters. The molecule has 2 fully saturated rings. The summed E-state index contributed by atoms with van der Waals surface area (Å²) in [4.78, 5) is 32.9. The lowest BCUT2D eigenvalue weighted by Gasteiger charge is -2.40. The van der Waals surface area contributed by atoms with Crippen molar-refractivity contribution in [2.24, 2.45) is 0 Å². The van der Waals surface area contributed by atoms with Crippen molar-refractivity contribution in [1.82, 2.24) is 23.5 Å². The smallest absolute Gasteiger partial charge is 0.408 e. The predicted octanol–water partition coefficient (Wildman–Crippen LogP) is 4.29. The number of rotatable bonds is 12. The number of nitrogen functional groups attached to an aromatic ring is 1. The van der Waals surface area contributed by atoms with Crippen molar-refractivity contribution in [2.75, 3.05) is 18.9 Å². The van der Waals surface area contributed by atoms with E-state index in [2.05, 4.69) is 43.0 Å². The summed E-state index contributed by atoms with van der Waals surface area (Å²) in [5.74, 6) is 0.235. The molecule has 0 spiro atoms. The molecule has 0 bridgehead atoms. The standard InChI is InChI=1S/C29H40N6O10P2S2Si/c1-29(2,3)50(4,5)45-24-21(15-40-46(38)48)43-27(35-12-8-22(37)33-13-10-32-28(33)35)25(24)44-47(39,49)41-16-20-19(36)14-23(42-20)34-11-7-17-18(30)6-9-31-26(17)34/h6-13,19-21,23-25,27,36H,14-16H2,1-5H3,(H3-,30,31,38,39,48,49)/p+1/t19-,20+,21+,23+,24?,25+,27+,47?/m0/s1. The van der Waals surface area contributed by atoms with Gasteiger partial charge in [0.25, 0.3) is 5.56 Å². The van der Waals surface area contributed by atoms with Gasteiger partial charge in [0.1, 0.15) is 55.1 Å². The van der Waals surface area contributed by atoms with E-state index >= 15 is 0 Å². The van der Waals surface area contributed by atoms with Crippen molar-refractivity contribution in [3.63, 3.8) is 0 Å². The van der Waals surface area contributed by atoms with Crippen LogP contribution in [0.15, 0.2) is 54.0 Å². The van der Waals surface area contributed by atoms with Gasteiger partial charge >= 0.3 is 13.9 Å². The average Bonchev–Trinajstić information content (AvgIpc) is 3.82. The minimum absolute atomic E-state index is 0.188. The molecule has 0 aromatic carbocycles. The Morgan fingerprint density at radius 1 is 1.10 bits per heavy atom. The summed E-state index contributed by atoms with van der Waals surface area (Å²) in [5.41, 5.74) is 6.95. The highest BCUT2D eigenvalue weighted by molar-refractivity contribution is 8.39. The first kappa shape index (κ1) is 37.7. The molecule has 0 aliphatic carbocycles. The Kier molecular flexibility index (Phi) is 10.8. The lowest BCUT2D eigenvalue weighted by molar-refractivity contribution is -0.0528. The maximum Gasteiger partial charge on any atom is 0.582 e. The topological polar surface area (TPSA) is 196 Å². The Hall–Kier alpha value is -2.09. The van der Waals surface area contributed by atoms with Crippen LogP contribution in [0.1, 0.15) is 39.6 Å². The van der Waals surface area contributed by atoms with Crippen LogP contribution in [0.3, 0.4) is 0 Å². The van der Waals surface area contributed by atoms with Gasteiger partial charge < -0.3 is 38.7 Å². The molecule has 6 heterocycles. The quantitative estimate of drug-likeness (QED) is 0.0902. The van der Waals surface area contributed by atoms with Crippen LogP contribution in [-0.2, 0) is 43.8 Å². The molecular formula is C29H41N6O10P2S2Si+. The molecule has 16 nitrogen and oxygen atoms in total. The Balaban J connectivity index is 1.27. The maximum absolute atomic E-state index is 12.6. The summed E-state index contributed by atoms with van der Waals surface area (Å²) < 4.78 is 53.5. The van der Waals surface area contributed by atoms with E-state index in [9.17, 15) is 19.4 Å². The summed E-state index contributed by atoms with van der Waals surface area (Å²) >= 11 is 9.43. The van der Waals surface area contributed by atoms with Gasteiger partial charge in [0.2, 0.25) is 5.78 Å². The van der Waals surface area contributed by atoms with Crippen LogP contribution >= 0.6 is 26.2 Å². The fourth-order valence-corrected chi connectivity index (χ4v) is 9.02. The number of anilines is 1. The number of aromatic nitrogens is 5. The maximum atomic E-state index is 12.6. The van der Waals surface area contributed by atoms with Crippen LogP contribution < -0.4 is 11.3 Å². The third-order valence-corrected chi connectivity index (χ3v) is 16.2. The van der Waals surface area contributed by atoms with Crippen LogP contribution in [0.5, 0.6) is 0 Å². The number of thiol groups is 1. The first-order valence-corrected chi connectivity index (χ1v) is 23.7. The number of nitrogens with zero attached hydrogens (tertiary/aromatic N) is 5. The normalized spacial score (nSPS) is 27.7. The first-order chi connectivity index (χ1) is 23.5. The number of fused-ring (bicyclic) bond motifs is 2. The summed E-state index contributed by atoms with van der Waals surface area (Å²) in [6.07, 6.45) is 1.75. The van der Waals surface area contributed by atoms with Crippen LogP contribution in [-0.4, -0.2) is 85.6 Å². The highest BCUT2D eigenvalue weighted by atomic mass is 32.7. The summed E-state index contributed by atoms with van der Waals surface area (Å²) in [6, 6.07) is 4.87. The SMILES string of the molecule is CC(C)(C)[Si](C)(C)OC1[C@@H](OP(O)(=S)OC[C@H]2O[C@@H](n3ccc4c(N)ccnc43)C[C@@H]2O)[C@H](n2ccc(=O)n3ccnc23)O[C@@H]1CO[P+](=O)S. The second-order valence-electron chi connectivity index (χ2n) is 13.7. The second kappa shape index (κ2) is 14.4. The van der Waals surface area contributed by atoms with E-state index in [1.54, 1.807) is 27.6 Å². The molecule has 0 amide bonds. The van der Waals surface area contributed by atoms with Crippen molar-refractivity contribution in [2.45, 2.75) is 88.3 Å². The van der Waals surface area contributed by atoms with Crippen molar-refractivity contribution < 1.29 is 42.0 Å². The van der Waals surface area contributed by atoms with Gasteiger partial charge in [-0.2, -0.15) is 0 Å². The van der Waals surface area contributed by atoms with Crippen molar-refractivity contribution in [3.05, 3.63) is 59.5 Å². The Morgan fingerprint density at radius 2 is 1.84 bits per heavy atom. The number of hydrogen-bond donors (Lipinski definition) is 4. The molecule has 0 radical (unpaired) electrons. The molecule has 0 saturated carbocycles. The average molecular weight is 788 g/mol. The van der Waals surface area contributed by atoms with Gasteiger partial charge in [-0.25, -0.2) is 9.97 Å². The van der Waals surface area contributed by atoms with Crippen molar-refractivity contribution >= 4 is 68.8 Å². The fourth-order valence-electron chi connectivity index (χ4n) is 5.82. The summed E-state index contributed by atoms with van der Waals surface area (Å²) in [5, 5.41) is 11.4. The van der Waals surface area contributed by atoms with E-state index in [1.807, 2.05) is 19.2 Å². The van der Waals surface area contributed by atoms with Gasteiger partial charge in [0.05, 0.1) is 12.7 Å². The van der Waals surface area contributed by atoms with Gasteiger partial charge in [0.15, 0.2) is 14.5 Å². The highest BCUT2D eigenvalue weighted by Crippen LogP contribution is 2.52. The van der Waals surface area contributed by atoms with Crippen molar-refractivity contribution in [1.29, 1.82) is 0 Å². The lowest BCUT2D eigenvalue weighted by Crippen LogP contribution is -2.50. The van der Waals surface area contributed by atoms with Gasteiger partial charge in [0, 0.05) is 54.5 Å². The summed E-state index contributed by atoms with van der Waals surface area (Å²) in [6.45, 7) is 5.68. The van der Waals surface area contributed by atoms with Crippen LogP contribution in [0.4, 0.5) is 5.69 Å². The molecule has 4 aromatic rings. The number of ether oxygens (including phenoxy) is 2. The van der Waals surface area contributed by atoms with E-state index in [0.717, 1.165) is 5.39 Å². The molecule has 2 aliphatic rings. The molecule has 272 valence electrons. The number of aliphatic hydroxyl groups excluding tert-OH is 1. The van der Waals surface area contributed by atoms with Gasteiger partial charge in [-0.05, 0) is 46.6 Å². The molecule has 6 rings (SSSR count). The van der Waals surface area contributed by atoms with Crippen molar-refractivity contribution in [3.8, 4) is 0 Å². The van der Waals surface area contributed by atoms with Gasteiger partial charge in [-0.3, -0.25) is 18.3 Å². The Morgan fingerprint density at radius 3 is 2.56 bits per heavy atom. The third-order valence-electron chi connectivity index (χ3n) is 9.43. The molecule has 2 aliphatic heterocycles. The zero-order chi connectivity index (χ0) is 36.2. The zero-order valence-electron chi connectivity index (χ0n) is 28.0. The molecule has 4 aromatic heterocycles. The van der Waals surface area contributed by atoms with Gasteiger partial charge in [-0.15, -0.1) is 4.52 Å². The zero-order valence-corrected chi connectivity index (χ0v) is 32.5. The van der Waals surface area contributed by atoms with E-state index in [4.69, 9.17) is 45.0 Å². The molecule has 4 N–H and O–H groups in total. The largest absolute Gasteiger partial charge is 0.582 e. The number of aliphatic hydroxyl groups is 1. The second-order valence-corrected chi connectivity index (χ2v) is 23.0. The Labute approximate surface area is 300 Å². The number of imidazole rings is 1. The molecule has 50 heavy (non-hydrogen) atoms. The third kappa shape index (κ3) is 7.66. The number of nitrogens with two attached hydrogens (primary N) is 1. The monoisotopic (exact) mass is 787 g/mol. The highest BCUT2D eigenvalue weighted by Gasteiger charge is 2.54. The Bertz CT molecular complexity index is 1990. The molecule has 3 unspecified atom stereocenters. The number of pyridine rings is 1. The fraction of sp³-hybridized carbons (Fsp3) is 0.552. The van der Waals surface area contributed by atoms with Gasteiger partial charge in [-0.1, -0.05) is 20.8 Å². The minimum Gasteiger partial charge on any atom is -0.408 e. The van der Waals surface area contributed by atoms with Crippen LogP contribution in [0.2, 0.25) is 18.1 Å². The molecule has 21 heteroatoms. The minimum atomic E-state index is -4.12. The summed E-state index contributed by atoms with van der Waals surface area (Å²) in [7, 11) is -4.86. The van der Waals surface area contributed by atoms with E-state index in [0.29, 0.717) is 11.3 Å². The van der Waals surface area contributed by atoms with E-state index in [1.165, 1.54) is 29.1 Å². The van der Waals surface area contributed by atoms with E-state index < -0.39 is 65.2 Å².